The number of rotatable bonds is 5. The summed E-state index contributed by atoms with van der Waals surface area (Å²) in [6.07, 6.45) is 4.13. The molecule has 2 amide bonds. The average Bonchev–Trinajstić information content (AvgIpc) is 2.92. The van der Waals surface area contributed by atoms with Crippen molar-refractivity contribution in [2.24, 2.45) is 0 Å². The Morgan fingerprint density at radius 3 is 2.76 bits per heavy atom. The Morgan fingerprint density at radius 1 is 1.33 bits per heavy atom. The highest BCUT2D eigenvalue weighted by molar-refractivity contribution is 9.09. The summed E-state index contributed by atoms with van der Waals surface area (Å²) in [5.41, 5.74) is 4.80. The minimum absolute atomic E-state index is 0.206. The van der Waals surface area contributed by atoms with Gasteiger partial charge in [-0.2, -0.15) is 0 Å². The van der Waals surface area contributed by atoms with Crippen LogP contribution in [0.3, 0.4) is 0 Å². The molecule has 0 spiro atoms. The fraction of sp³-hybridized carbons (Fsp3) is 0.500. The maximum Gasteiger partial charge on any atom is 0.255 e. The highest BCUT2D eigenvalue weighted by Gasteiger charge is 2.27. The Bertz CT molecular complexity index is 486. The van der Waals surface area contributed by atoms with Gasteiger partial charge in [0.15, 0.2) is 0 Å². The Morgan fingerprint density at radius 2 is 2.10 bits per heavy atom. The number of hydrogen-bond acceptors (Lipinski definition) is 6. The van der Waals surface area contributed by atoms with Crippen molar-refractivity contribution in [3.05, 3.63) is 18.5 Å². The summed E-state index contributed by atoms with van der Waals surface area (Å²) in [4.78, 5) is 31.6. The molecule has 1 aromatic rings. The van der Waals surface area contributed by atoms with Crippen LogP contribution in [0.5, 0.6) is 0 Å². The van der Waals surface area contributed by atoms with Gasteiger partial charge in [0.05, 0.1) is 6.04 Å². The first-order valence-corrected chi connectivity index (χ1v) is 7.54. The molecule has 8 nitrogen and oxygen atoms in total. The van der Waals surface area contributed by atoms with E-state index in [0.29, 0.717) is 23.7 Å². The lowest BCUT2D eigenvalue weighted by Crippen LogP contribution is -2.49. The van der Waals surface area contributed by atoms with Gasteiger partial charge in [-0.15, -0.1) is 0 Å². The zero-order chi connectivity index (χ0) is 15.1. The van der Waals surface area contributed by atoms with Crippen molar-refractivity contribution in [1.29, 1.82) is 0 Å². The molecule has 2 unspecified atom stereocenters. The molecular weight excluding hydrogens is 340 g/mol. The normalized spacial score (nSPS) is 20.8. The van der Waals surface area contributed by atoms with Crippen LogP contribution in [0, 0.1) is 0 Å². The van der Waals surface area contributed by atoms with E-state index < -0.39 is 0 Å². The van der Waals surface area contributed by atoms with Gasteiger partial charge in [0.25, 0.3) is 5.91 Å². The van der Waals surface area contributed by atoms with Gasteiger partial charge in [-0.3, -0.25) is 20.4 Å². The molecule has 0 aliphatic carbocycles. The maximum atomic E-state index is 11.7. The fourth-order valence-corrected chi connectivity index (χ4v) is 2.41. The van der Waals surface area contributed by atoms with Crippen LogP contribution in [0.1, 0.15) is 12.8 Å². The first-order chi connectivity index (χ1) is 10.1. The van der Waals surface area contributed by atoms with Gasteiger partial charge in [0, 0.05) is 36.7 Å². The van der Waals surface area contributed by atoms with Crippen LogP contribution in [0.4, 0.5) is 5.95 Å². The van der Waals surface area contributed by atoms with Crippen molar-refractivity contribution < 1.29 is 9.59 Å². The third-order valence-corrected chi connectivity index (χ3v) is 3.62. The first-order valence-electron chi connectivity index (χ1n) is 6.62. The predicted molar refractivity (Wildman–Crippen MR) is 80.5 cm³/mol. The third kappa shape index (κ3) is 5.27. The number of aromatic nitrogens is 2. The number of hydrogen-bond donors (Lipinski definition) is 4. The van der Waals surface area contributed by atoms with E-state index in [4.69, 9.17) is 0 Å². The SMILES string of the molecule is O=C(CCNc1ncccn1)NNC(=O)C1CC(Br)CN1. The second-order valence-corrected chi connectivity index (χ2v) is 5.88. The van der Waals surface area contributed by atoms with Crippen LogP contribution in [0.2, 0.25) is 0 Å². The summed E-state index contributed by atoms with van der Waals surface area (Å²) in [6.45, 7) is 1.13. The quantitative estimate of drug-likeness (QED) is 0.420. The number of halogens is 1. The summed E-state index contributed by atoms with van der Waals surface area (Å²) < 4.78 is 0. The van der Waals surface area contributed by atoms with Crippen molar-refractivity contribution >= 4 is 33.7 Å². The summed E-state index contributed by atoms with van der Waals surface area (Å²) >= 11 is 3.43. The molecule has 2 heterocycles. The van der Waals surface area contributed by atoms with Crippen LogP contribution in [-0.2, 0) is 9.59 Å². The van der Waals surface area contributed by atoms with Gasteiger partial charge >= 0.3 is 0 Å². The molecule has 9 heteroatoms. The highest BCUT2D eigenvalue weighted by atomic mass is 79.9. The highest BCUT2D eigenvalue weighted by Crippen LogP contribution is 2.13. The van der Waals surface area contributed by atoms with Gasteiger partial charge in [0.1, 0.15) is 0 Å². The zero-order valence-electron chi connectivity index (χ0n) is 11.3. The lowest BCUT2D eigenvalue weighted by molar-refractivity contribution is -0.129. The standard InChI is InChI=1S/C12H17BrN6O2/c13-8-6-9(17-7-8)11(21)19-18-10(20)2-5-16-12-14-3-1-4-15-12/h1,3-4,8-9,17H,2,5-7H2,(H,18,20)(H,19,21)(H,14,15,16). The molecule has 21 heavy (non-hydrogen) atoms. The number of nitrogens with zero attached hydrogens (tertiary/aromatic N) is 2. The van der Waals surface area contributed by atoms with Crippen LogP contribution >= 0.6 is 15.9 Å². The van der Waals surface area contributed by atoms with E-state index in [1.165, 1.54) is 0 Å². The molecule has 114 valence electrons. The smallest absolute Gasteiger partial charge is 0.255 e. The summed E-state index contributed by atoms with van der Waals surface area (Å²) in [5, 5.41) is 5.97. The van der Waals surface area contributed by atoms with Crippen molar-refractivity contribution in [3.63, 3.8) is 0 Å². The predicted octanol–water partition coefficient (Wildman–Crippen LogP) is -0.449. The number of carbonyl (C=O) groups excluding carboxylic acids is 2. The third-order valence-electron chi connectivity index (χ3n) is 2.92. The Balaban J connectivity index is 1.60. The topological polar surface area (TPSA) is 108 Å². The molecule has 2 rings (SSSR count). The number of carbonyl (C=O) groups is 2. The molecule has 1 aromatic heterocycles. The first kappa shape index (κ1) is 15.6. The van der Waals surface area contributed by atoms with E-state index >= 15 is 0 Å². The number of nitrogens with one attached hydrogen (secondary N) is 4. The van der Waals surface area contributed by atoms with Gasteiger partial charge in [0.2, 0.25) is 11.9 Å². The minimum Gasteiger partial charge on any atom is -0.354 e. The second-order valence-electron chi connectivity index (χ2n) is 4.58. The van der Waals surface area contributed by atoms with E-state index in [2.05, 4.69) is 47.4 Å². The average molecular weight is 357 g/mol. The number of amides is 2. The number of anilines is 1. The van der Waals surface area contributed by atoms with E-state index in [9.17, 15) is 9.59 Å². The molecule has 0 radical (unpaired) electrons. The molecule has 0 bridgehead atoms. The Hall–Kier alpha value is -1.74. The Kier molecular flexibility index (Phi) is 5.88. The summed E-state index contributed by atoms with van der Waals surface area (Å²) in [6, 6.07) is 1.44. The molecule has 0 aromatic carbocycles. The monoisotopic (exact) mass is 356 g/mol. The fourth-order valence-electron chi connectivity index (χ4n) is 1.85. The number of alkyl halides is 1. The van der Waals surface area contributed by atoms with Crippen molar-refractivity contribution in [2.45, 2.75) is 23.7 Å². The lowest BCUT2D eigenvalue weighted by Gasteiger charge is -2.12. The van der Waals surface area contributed by atoms with Crippen molar-refractivity contribution in [1.82, 2.24) is 26.1 Å². The number of hydrazine groups is 1. The molecular formula is C12H17BrN6O2. The molecule has 0 saturated carbocycles. The molecule has 1 saturated heterocycles. The van der Waals surface area contributed by atoms with Gasteiger partial charge < -0.3 is 10.6 Å². The van der Waals surface area contributed by atoms with Crippen LogP contribution in [0.25, 0.3) is 0 Å². The lowest BCUT2D eigenvalue weighted by atomic mass is 10.2. The zero-order valence-corrected chi connectivity index (χ0v) is 12.9. The summed E-state index contributed by atoms with van der Waals surface area (Å²) in [7, 11) is 0. The van der Waals surface area contributed by atoms with Gasteiger partial charge in [-0.1, -0.05) is 15.9 Å². The van der Waals surface area contributed by atoms with Crippen LogP contribution < -0.4 is 21.5 Å². The van der Waals surface area contributed by atoms with Gasteiger partial charge in [-0.25, -0.2) is 9.97 Å². The molecule has 4 N–H and O–H groups in total. The largest absolute Gasteiger partial charge is 0.354 e. The van der Waals surface area contributed by atoms with E-state index in [1.54, 1.807) is 18.5 Å². The molecule has 1 aliphatic rings. The van der Waals surface area contributed by atoms with E-state index in [1.807, 2.05) is 0 Å². The summed E-state index contributed by atoms with van der Waals surface area (Å²) in [5.74, 6) is -0.0438. The minimum atomic E-state index is -0.278. The van der Waals surface area contributed by atoms with Crippen molar-refractivity contribution in [2.75, 3.05) is 18.4 Å². The molecule has 1 aliphatic heterocycles. The molecule has 2 atom stereocenters. The second kappa shape index (κ2) is 7.89. The van der Waals surface area contributed by atoms with E-state index in [-0.39, 0.29) is 24.3 Å². The molecule has 1 fully saturated rings. The van der Waals surface area contributed by atoms with E-state index in [0.717, 1.165) is 6.54 Å². The maximum absolute atomic E-state index is 11.7. The van der Waals surface area contributed by atoms with Crippen LogP contribution in [-0.4, -0.2) is 45.7 Å². The van der Waals surface area contributed by atoms with Gasteiger partial charge in [-0.05, 0) is 12.5 Å². The Labute approximate surface area is 130 Å². The van der Waals surface area contributed by atoms with Crippen molar-refractivity contribution in [3.8, 4) is 0 Å². The van der Waals surface area contributed by atoms with Crippen LogP contribution in [0.15, 0.2) is 18.5 Å².